The summed E-state index contributed by atoms with van der Waals surface area (Å²) in [5.41, 5.74) is 0. The zero-order valence-electron chi connectivity index (χ0n) is 4.52. The van der Waals surface area contributed by atoms with Crippen molar-refractivity contribution >= 4 is 9.41 Å². The van der Waals surface area contributed by atoms with E-state index in [0.29, 0.717) is 0 Å². The summed E-state index contributed by atoms with van der Waals surface area (Å²) in [6.07, 6.45) is -5.81. The van der Waals surface area contributed by atoms with Gasteiger partial charge in [0.1, 0.15) is 0 Å². The van der Waals surface area contributed by atoms with Crippen LogP contribution in [0.4, 0.5) is 34.0 Å². The zero-order chi connectivity index (χ0) is 9.65. The van der Waals surface area contributed by atoms with Crippen LogP contribution in [-0.2, 0) is 0 Å². The molecular formula is C2F8Si. The van der Waals surface area contributed by atoms with E-state index in [1.54, 1.807) is 0 Å². The molecule has 0 bridgehead atoms. The number of hydrogen-bond acceptors (Lipinski definition) is 0. The first-order chi connectivity index (χ1) is 4.64. The lowest BCUT2D eigenvalue weighted by Gasteiger charge is -1.75. The van der Waals surface area contributed by atoms with Crippen LogP contribution in [0.5, 0.6) is 0 Å². The monoisotopic (exact) mass is 204 g/mol. The first kappa shape index (κ1) is 13.0. The Morgan fingerprint density at radius 1 is 0.636 bits per heavy atom. The molecule has 0 heterocycles. The van der Waals surface area contributed by atoms with Gasteiger partial charge < -0.3 is 0 Å². The van der Waals surface area contributed by atoms with Crippen LogP contribution in [-0.4, -0.2) is 9.41 Å². The second-order valence-corrected chi connectivity index (χ2v) is 1.81. The average Bonchev–Trinajstić information content (AvgIpc) is 1.59. The van der Waals surface area contributed by atoms with Gasteiger partial charge in [-0.2, -0.15) is 17.6 Å². The molecule has 68 valence electrons. The van der Waals surface area contributed by atoms with Crippen LogP contribution in [0.2, 0.25) is 0 Å². The van der Waals surface area contributed by atoms with Crippen LogP contribution >= 0.6 is 0 Å². The molecule has 0 rings (SSSR count). The third-order valence-corrected chi connectivity index (χ3v) is 0.143. The Morgan fingerprint density at radius 3 is 0.727 bits per heavy atom. The van der Waals surface area contributed by atoms with Gasteiger partial charge in [0.2, 0.25) is 0 Å². The highest BCUT2D eigenvalue weighted by Crippen LogP contribution is 2.08. The molecule has 0 aromatic heterocycles. The van der Waals surface area contributed by atoms with Crippen molar-refractivity contribution in [1.29, 1.82) is 0 Å². The van der Waals surface area contributed by atoms with Crippen molar-refractivity contribution in [3.05, 3.63) is 12.2 Å². The molecule has 0 radical (unpaired) electrons. The number of halogens is 8. The second-order valence-electron chi connectivity index (χ2n) is 0.949. The van der Waals surface area contributed by atoms with Gasteiger partial charge >= 0.3 is 21.6 Å². The van der Waals surface area contributed by atoms with Crippen molar-refractivity contribution in [2.75, 3.05) is 0 Å². The van der Waals surface area contributed by atoms with Crippen molar-refractivity contribution in [3.63, 3.8) is 0 Å². The smallest absolute Gasteiger partial charge is 0.211 e. The molecule has 0 aliphatic rings. The lowest BCUT2D eigenvalue weighted by Crippen LogP contribution is -2.02. The number of hydrogen-bond donors (Lipinski definition) is 0. The van der Waals surface area contributed by atoms with Crippen molar-refractivity contribution in [2.45, 2.75) is 0 Å². The summed E-state index contributed by atoms with van der Waals surface area (Å²) >= 11 is 0. The largest absolute Gasteiger partial charge is 0.844 e. The van der Waals surface area contributed by atoms with E-state index >= 15 is 0 Å². The van der Waals surface area contributed by atoms with Crippen LogP contribution in [0.25, 0.3) is 0 Å². The molecule has 0 aliphatic carbocycles. The van der Waals surface area contributed by atoms with Crippen LogP contribution in [0.3, 0.4) is 0 Å². The Balaban J connectivity index is 0. The highest BCUT2D eigenvalue weighted by molar-refractivity contribution is 6.50. The van der Waals surface area contributed by atoms with Gasteiger partial charge in [0.15, 0.2) is 0 Å². The SMILES string of the molecule is FC(F)=C(F)F.F[Si](F)(F)F. The highest BCUT2D eigenvalue weighted by Gasteiger charge is 2.39. The predicted molar refractivity (Wildman–Crippen MR) is 21.6 cm³/mol. The Kier molecular flexibility index (Phi) is 6.04. The van der Waals surface area contributed by atoms with Crippen LogP contribution in [0.1, 0.15) is 0 Å². The maximum Gasteiger partial charge on any atom is 0.844 e. The van der Waals surface area contributed by atoms with Gasteiger partial charge in [-0.25, -0.2) is 16.4 Å². The topological polar surface area (TPSA) is 0 Å². The maximum absolute atomic E-state index is 10.3. The van der Waals surface area contributed by atoms with Crippen molar-refractivity contribution in [1.82, 2.24) is 0 Å². The molecule has 0 N–H and O–H groups in total. The minimum absolute atomic E-state index is 2.91. The molecule has 0 spiro atoms. The summed E-state index contributed by atoms with van der Waals surface area (Å²) in [6.45, 7) is 0. The molecule has 0 saturated carbocycles. The molecule has 0 amide bonds. The molecule has 0 fully saturated rings. The van der Waals surface area contributed by atoms with Crippen molar-refractivity contribution < 1.29 is 34.0 Å². The van der Waals surface area contributed by atoms with Gasteiger partial charge in [-0.05, 0) is 0 Å². The second kappa shape index (κ2) is 5.10. The summed E-state index contributed by atoms with van der Waals surface area (Å²) < 4.78 is 80.5. The third kappa shape index (κ3) is 44.6. The van der Waals surface area contributed by atoms with Gasteiger partial charge in [-0.3, -0.25) is 0 Å². The molecular weight excluding hydrogens is 204 g/mol. The molecule has 11 heavy (non-hydrogen) atoms. The van der Waals surface area contributed by atoms with Crippen molar-refractivity contribution in [3.8, 4) is 0 Å². The fourth-order valence-electron chi connectivity index (χ4n) is 0. The Bertz CT molecular complexity index is 110. The summed E-state index contributed by atoms with van der Waals surface area (Å²) in [5, 5.41) is 0. The fourth-order valence-corrected chi connectivity index (χ4v) is 0. The molecule has 0 atom stereocenters. The van der Waals surface area contributed by atoms with E-state index in [4.69, 9.17) is 0 Å². The predicted octanol–water partition coefficient (Wildman–Crippen LogP) is 3.29. The van der Waals surface area contributed by atoms with E-state index < -0.39 is 21.6 Å². The van der Waals surface area contributed by atoms with Gasteiger partial charge in [-0.15, -0.1) is 0 Å². The van der Waals surface area contributed by atoms with Crippen LogP contribution in [0, 0.1) is 0 Å². The number of rotatable bonds is 0. The lowest BCUT2D eigenvalue weighted by atomic mass is 11.1. The van der Waals surface area contributed by atoms with Gasteiger partial charge in [0.25, 0.3) is 0 Å². The van der Waals surface area contributed by atoms with E-state index in [1.807, 2.05) is 0 Å². The van der Waals surface area contributed by atoms with Crippen LogP contribution < -0.4 is 0 Å². The van der Waals surface area contributed by atoms with Gasteiger partial charge in [0.05, 0.1) is 0 Å². The van der Waals surface area contributed by atoms with E-state index in [-0.39, 0.29) is 0 Å². The summed E-state index contributed by atoms with van der Waals surface area (Å²) in [7, 11) is -6.61. The fraction of sp³-hybridized carbons (Fsp3) is 0. The maximum atomic E-state index is 10.3. The van der Waals surface area contributed by atoms with E-state index in [1.165, 1.54) is 0 Å². The summed E-state index contributed by atoms with van der Waals surface area (Å²) in [4.78, 5) is 0. The molecule has 0 nitrogen and oxygen atoms in total. The minimum atomic E-state index is -6.61. The molecule has 0 saturated heterocycles. The molecule has 0 aliphatic heterocycles. The molecule has 0 aromatic rings. The van der Waals surface area contributed by atoms with E-state index in [0.717, 1.165) is 0 Å². The molecule has 9 heteroatoms. The standard InChI is InChI=1S/C2F4.F4Si/c3-1(4)2(5)6;1-5(2,3)4. The third-order valence-electron chi connectivity index (χ3n) is 0.143. The zero-order valence-corrected chi connectivity index (χ0v) is 5.52. The quantitative estimate of drug-likeness (QED) is 0.322. The Morgan fingerprint density at radius 2 is 0.727 bits per heavy atom. The average molecular weight is 204 g/mol. The van der Waals surface area contributed by atoms with E-state index in [9.17, 15) is 34.0 Å². The normalized spacial score (nSPS) is 9.82. The summed E-state index contributed by atoms with van der Waals surface area (Å²) in [5.74, 6) is 0. The van der Waals surface area contributed by atoms with E-state index in [2.05, 4.69) is 0 Å². The first-order valence-electron chi connectivity index (χ1n) is 1.76. The highest BCUT2D eigenvalue weighted by atomic mass is 28.5. The summed E-state index contributed by atoms with van der Waals surface area (Å²) in [6, 6.07) is 0. The van der Waals surface area contributed by atoms with Gasteiger partial charge in [-0.1, -0.05) is 0 Å². The van der Waals surface area contributed by atoms with Gasteiger partial charge in [0, 0.05) is 0 Å². The van der Waals surface area contributed by atoms with Crippen LogP contribution in [0.15, 0.2) is 12.2 Å². The van der Waals surface area contributed by atoms with Crippen molar-refractivity contribution in [2.24, 2.45) is 0 Å². The lowest BCUT2D eigenvalue weighted by molar-refractivity contribution is 0.308. The molecule has 0 aromatic carbocycles. The Hall–Kier alpha value is -0.603. The molecule has 0 unspecified atom stereocenters. The Labute approximate surface area is 56.8 Å². The minimum Gasteiger partial charge on any atom is -0.211 e. The first-order valence-corrected chi connectivity index (χ1v) is 3.27.